The molecule has 0 fully saturated rings. The van der Waals surface area contributed by atoms with Crippen LogP contribution in [0.25, 0.3) is 0 Å². The predicted molar refractivity (Wildman–Crippen MR) is 86.2 cm³/mol. The van der Waals surface area contributed by atoms with Crippen molar-refractivity contribution < 1.29 is 4.79 Å². The quantitative estimate of drug-likeness (QED) is 0.851. The summed E-state index contributed by atoms with van der Waals surface area (Å²) in [5.74, 6) is -0.108. The van der Waals surface area contributed by atoms with Crippen LogP contribution in [-0.2, 0) is 0 Å². The number of hydrogen-bond donors (Lipinski definition) is 2. The first kappa shape index (κ1) is 14.2. The van der Waals surface area contributed by atoms with Gasteiger partial charge in [0.2, 0.25) is 0 Å². The topological polar surface area (TPSA) is 55.1 Å². The first-order valence-electron chi connectivity index (χ1n) is 6.26. The summed E-state index contributed by atoms with van der Waals surface area (Å²) in [5, 5.41) is 2.88. The van der Waals surface area contributed by atoms with Crippen LogP contribution >= 0.6 is 12.2 Å². The van der Waals surface area contributed by atoms with E-state index in [4.69, 9.17) is 18.0 Å². The standard InChI is InChI=1S/C16H16N2OS/c1-10-4-3-5-11(2)14(10)16(19)18-13-8-6-12(7-9-13)15(17)20/h3-9H,1-2H3,(H2,17,20)(H,18,19). The maximum Gasteiger partial charge on any atom is 0.256 e. The lowest BCUT2D eigenvalue weighted by Crippen LogP contribution is -2.15. The smallest absolute Gasteiger partial charge is 0.256 e. The summed E-state index contributed by atoms with van der Waals surface area (Å²) in [4.78, 5) is 12.7. The number of carbonyl (C=O) groups is 1. The van der Waals surface area contributed by atoms with Gasteiger partial charge in [0.25, 0.3) is 5.91 Å². The molecule has 0 aliphatic heterocycles. The van der Waals surface area contributed by atoms with E-state index in [9.17, 15) is 4.79 Å². The van der Waals surface area contributed by atoms with E-state index >= 15 is 0 Å². The Hall–Kier alpha value is -2.20. The fraction of sp³-hybridized carbons (Fsp3) is 0.125. The van der Waals surface area contributed by atoms with Gasteiger partial charge in [0.05, 0.1) is 0 Å². The third-order valence-electron chi connectivity index (χ3n) is 3.14. The maximum atomic E-state index is 12.3. The molecule has 0 saturated carbocycles. The fourth-order valence-corrected chi connectivity index (χ4v) is 2.22. The van der Waals surface area contributed by atoms with Crippen molar-refractivity contribution in [2.45, 2.75) is 13.8 Å². The summed E-state index contributed by atoms with van der Waals surface area (Å²) in [6.07, 6.45) is 0. The van der Waals surface area contributed by atoms with Gasteiger partial charge >= 0.3 is 0 Å². The minimum Gasteiger partial charge on any atom is -0.389 e. The largest absolute Gasteiger partial charge is 0.389 e. The third-order valence-corrected chi connectivity index (χ3v) is 3.37. The lowest BCUT2D eigenvalue weighted by atomic mass is 10.0. The molecule has 2 aromatic rings. The van der Waals surface area contributed by atoms with Crippen molar-refractivity contribution in [1.29, 1.82) is 0 Å². The Kier molecular flexibility index (Phi) is 4.15. The predicted octanol–water partition coefficient (Wildman–Crippen LogP) is 3.19. The SMILES string of the molecule is Cc1cccc(C)c1C(=O)Nc1ccc(C(N)=S)cc1. The molecular weight excluding hydrogens is 268 g/mol. The van der Waals surface area contributed by atoms with Crippen LogP contribution in [0, 0.1) is 13.8 Å². The van der Waals surface area contributed by atoms with Crippen LogP contribution in [0.3, 0.4) is 0 Å². The zero-order valence-electron chi connectivity index (χ0n) is 11.4. The van der Waals surface area contributed by atoms with Crippen molar-refractivity contribution in [2.24, 2.45) is 5.73 Å². The molecule has 20 heavy (non-hydrogen) atoms. The van der Waals surface area contributed by atoms with Crippen LogP contribution in [0.1, 0.15) is 27.0 Å². The van der Waals surface area contributed by atoms with Gasteiger partial charge in [-0.05, 0) is 49.2 Å². The number of aryl methyl sites for hydroxylation is 2. The molecule has 4 heteroatoms. The molecule has 3 nitrogen and oxygen atoms in total. The third kappa shape index (κ3) is 3.03. The second kappa shape index (κ2) is 5.84. The molecule has 0 aliphatic carbocycles. The monoisotopic (exact) mass is 284 g/mol. The second-order valence-corrected chi connectivity index (χ2v) is 5.10. The lowest BCUT2D eigenvalue weighted by Gasteiger charge is -2.10. The number of anilines is 1. The van der Waals surface area contributed by atoms with Crippen molar-refractivity contribution in [2.75, 3.05) is 5.32 Å². The Labute approximate surface area is 123 Å². The highest BCUT2D eigenvalue weighted by atomic mass is 32.1. The van der Waals surface area contributed by atoms with E-state index in [1.54, 1.807) is 24.3 Å². The molecular formula is C16H16N2OS. The molecule has 0 bridgehead atoms. The highest BCUT2D eigenvalue weighted by molar-refractivity contribution is 7.80. The van der Waals surface area contributed by atoms with Crippen molar-refractivity contribution in [3.8, 4) is 0 Å². The van der Waals surface area contributed by atoms with E-state index in [0.29, 0.717) is 10.6 Å². The molecule has 0 aliphatic rings. The van der Waals surface area contributed by atoms with Crippen LogP contribution in [-0.4, -0.2) is 10.9 Å². The first-order chi connectivity index (χ1) is 9.49. The molecule has 2 aromatic carbocycles. The first-order valence-corrected chi connectivity index (χ1v) is 6.67. The lowest BCUT2D eigenvalue weighted by molar-refractivity contribution is 0.102. The minimum atomic E-state index is -0.108. The Bertz CT molecular complexity index is 642. The van der Waals surface area contributed by atoms with Gasteiger partial charge in [0, 0.05) is 16.8 Å². The van der Waals surface area contributed by atoms with Crippen LogP contribution in [0.15, 0.2) is 42.5 Å². The van der Waals surface area contributed by atoms with Crippen molar-refractivity contribution in [3.63, 3.8) is 0 Å². The Balaban J connectivity index is 2.21. The Morgan fingerprint density at radius 1 is 1.05 bits per heavy atom. The summed E-state index contributed by atoms with van der Waals surface area (Å²) in [6.45, 7) is 3.86. The molecule has 102 valence electrons. The molecule has 0 aromatic heterocycles. The number of benzene rings is 2. The van der Waals surface area contributed by atoms with Gasteiger partial charge < -0.3 is 11.1 Å². The van der Waals surface area contributed by atoms with Crippen LogP contribution in [0.5, 0.6) is 0 Å². The summed E-state index contributed by atoms with van der Waals surface area (Å²) in [7, 11) is 0. The van der Waals surface area contributed by atoms with E-state index < -0.39 is 0 Å². The molecule has 0 atom stereocenters. The molecule has 3 N–H and O–H groups in total. The van der Waals surface area contributed by atoms with Crippen molar-refractivity contribution >= 4 is 28.8 Å². The molecule has 0 saturated heterocycles. The van der Waals surface area contributed by atoms with Gasteiger partial charge in [-0.3, -0.25) is 4.79 Å². The summed E-state index contributed by atoms with van der Waals surface area (Å²) < 4.78 is 0. The number of nitrogens with two attached hydrogens (primary N) is 1. The van der Waals surface area contributed by atoms with Crippen LogP contribution in [0.4, 0.5) is 5.69 Å². The van der Waals surface area contributed by atoms with Gasteiger partial charge in [-0.1, -0.05) is 30.4 Å². The summed E-state index contributed by atoms with van der Waals surface area (Å²) in [6, 6.07) is 13.0. The average Bonchev–Trinajstić information content (AvgIpc) is 2.39. The zero-order chi connectivity index (χ0) is 14.7. The van der Waals surface area contributed by atoms with Gasteiger partial charge in [-0.25, -0.2) is 0 Å². The average molecular weight is 284 g/mol. The van der Waals surface area contributed by atoms with Crippen LogP contribution in [0.2, 0.25) is 0 Å². The molecule has 0 radical (unpaired) electrons. The van der Waals surface area contributed by atoms with Gasteiger partial charge in [-0.15, -0.1) is 0 Å². The second-order valence-electron chi connectivity index (χ2n) is 4.66. The minimum absolute atomic E-state index is 0.108. The zero-order valence-corrected chi connectivity index (χ0v) is 12.3. The van der Waals surface area contributed by atoms with E-state index in [-0.39, 0.29) is 5.91 Å². The van der Waals surface area contributed by atoms with Crippen molar-refractivity contribution in [3.05, 3.63) is 64.7 Å². The van der Waals surface area contributed by atoms with Gasteiger partial charge in [0.15, 0.2) is 0 Å². The summed E-state index contributed by atoms with van der Waals surface area (Å²) in [5.41, 5.74) is 9.68. The molecule has 0 unspecified atom stereocenters. The molecule has 1 amide bonds. The van der Waals surface area contributed by atoms with E-state index in [1.807, 2.05) is 32.0 Å². The summed E-state index contributed by atoms with van der Waals surface area (Å²) >= 11 is 4.89. The Morgan fingerprint density at radius 3 is 2.10 bits per heavy atom. The van der Waals surface area contributed by atoms with E-state index in [0.717, 1.165) is 22.4 Å². The number of hydrogen-bond acceptors (Lipinski definition) is 2. The number of nitrogens with one attached hydrogen (secondary N) is 1. The van der Waals surface area contributed by atoms with E-state index in [2.05, 4.69) is 5.32 Å². The number of carbonyl (C=O) groups excluding carboxylic acids is 1. The maximum absolute atomic E-state index is 12.3. The number of amides is 1. The van der Waals surface area contributed by atoms with E-state index in [1.165, 1.54) is 0 Å². The highest BCUT2D eigenvalue weighted by Crippen LogP contribution is 2.16. The van der Waals surface area contributed by atoms with Crippen LogP contribution < -0.4 is 11.1 Å². The number of rotatable bonds is 3. The normalized spacial score (nSPS) is 10.1. The fourth-order valence-electron chi connectivity index (χ4n) is 2.08. The van der Waals surface area contributed by atoms with Gasteiger partial charge in [-0.2, -0.15) is 0 Å². The Morgan fingerprint density at radius 2 is 1.60 bits per heavy atom. The molecule has 2 rings (SSSR count). The molecule has 0 spiro atoms. The molecule has 0 heterocycles. The number of thiocarbonyl (C=S) groups is 1. The van der Waals surface area contributed by atoms with Gasteiger partial charge in [0.1, 0.15) is 4.99 Å². The van der Waals surface area contributed by atoms with Crippen molar-refractivity contribution in [1.82, 2.24) is 0 Å². The highest BCUT2D eigenvalue weighted by Gasteiger charge is 2.11.